The third kappa shape index (κ3) is 3.77. The largest absolute Gasteiger partial charge is 0.343 e. The summed E-state index contributed by atoms with van der Waals surface area (Å²) >= 11 is 0. The lowest BCUT2D eigenvalue weighted by atomic mass is 10.1. The summed E-state index contributed by atoms with van der Waals surface area (Å²) in [5, 5.41) is 0. The molecule has 1 rings (SSSR count). The molecule has 0 radical (unpaired) electrons. The fourth-order valence-electron chi connectivity index (χ4n) is 1.63. The van der Waals surface area contributed by atoms with Crippen LogP contribution in [-0.2, 0) is 11.2 Å². The molecule has 1 aromatic rings. The van der Waals surface area contributed by atoms with E-state index in [1.54, 1.807) is 7.05 Å². The number of benzene rings is 1. The summed E-state index contributed by atoms with van der Waals surface area (Å²) in [6.07, 6.45) is 0.617. The van der Waals surface area contributed by atoms with Crippen LogP contribution in [0.25, 0.3) is 0 Å². The standard InChI is InChI=1S/C13H18F2N2O/c1-9(5-6-16)17(2)13(18)7-10-3-4-11(14)8-12(10)15/h3-4,8-9H,5-7,16H2,1-2H3. The summed E-state index contributed by atoms with van der Waals surface area (Å²) in [5.74, 6) is -1.54. The van der Waals surface area contributed by atoms with Crippen molar-refractivity contribution >= 4 is 5.91 Å². The van der Waals surface area contributed by atoms with E-state index >= 15 is 0 Å². The first-order valence-corrected chi connectivity index (χ1v) is 5.85. The Morgan fingerprint density at radius 2 is 2.11 bits per heavy atom. The minimum absolute atomic E-state index is 0.00556. The zero-order valence-electron chi connectivity index (χ0n) is 10.6. The molecule has 1 amide bonds. The van der Waals surface area contributed by atoms with Gasteiger partial charge >= 0.3 is 0 Å². The van der Waals surface area contributed by atoms with Crippen LogP contribution in [0.1, 0.15) is 18.9 Å². The fraction of sp³-hybridized carbons (Fsp3) is 0.462. The minimum atomic E-state index is -0.691. The van der Waals surface area contributed by atoms with Gasteiger partial charge in [-0.05, 0) is 31.5 Å². The van der Waals surface area contributed by atoms with E-state index in [1.807, 2.05) is 6.92 Å². The summed E-state index contributed by atoms with van der Waals surface area (Å²) < 4.78 is 26.1. The number of halogens is 2. The average molecular weight is 256 g/mol. The van der Waals surface area contributed by atoms with Gasteiger partial charge in [-0.1, -0.05) is 6.07 Å². The number of hydrogen-bond acceptors (Lipinski definition) is 2. The van der Waals surface area contributed by atoms with E-state index in [2.05, 4.69) is 0 Å². The van der Waals surface area contributed by atoms with Crippen molar-refractivity contribution in [2.24, 2.45) is 5.73 Å². The van der Waals surface area contributed by atoms with Crippen LogP contribution >= 0.6 is 0 Å². The molecule has 2 N–H and O–H groups in total. The quantitative estimate of drug-likeness (QED) is 0.871. The van der Waals surface area contributed by atoms with Gasteiger partial charge in [0.1, 0.15) is 11.6 Å². The molecule has 3 nitrogen and oxygen atoms in total. The number of likely N-dealkylation sites (N-methyl/N-ethyl adjacent to an activating group) is 1. The summed E-state index contributed by atoms with van der Waals surface area (Å²) in [6, 6.07) is 3.23. The zero-order chi connectivity index (χ0) is 13.7. The highest BCUT2D eigenvalue weighted by atomic mass is 19.1. The first-order valence-electron chi connectivity index (χ1n) is 5.85. The second-order valence-corrected chi connectivity index (χ2v) is 4.34. The van der Waals surface area contributed by atoms with E-state index in [1.165, 1.54) is 11.0 Å². The highest BCUT2D eigenvalue weighted by Gasteiger charge is 2.17. The molecule has 100 valence electrons. The van der Waals surface area contributed by atoms with Gasteiger partial charge in [-0.25, -0.2) is 8.78 Å². The normalized spacial score (nSPS) is 12.3. The van der Waals surface area contributed by atoms with Crippen LogP contribution in [0.3, 0.4) is 0 Å². The molecule has 0 spiro atoms. The number of nitrogens with zero attached hydrogens (tertiary/aromatic N) is 1. The lowest BCUT2D eigenvalue weighted by Crippen LogP contribution is -2.37. The SMILES string of the molecule is CC(CCN)N(C)C(=O)Cc1ccc(F)cc1F. The van der Waals surface area contributed by atoms with Crippen LogP contribution < -0.4 is 5.73 Å². The molecule has 0 bridgehead atoms. The Balaban J connectivity index is 2.69. The molecule has 18 heavy (non-hydrogen) atoms. The van der Waals surface area contributed by atoms with Crippen molar-refractivity contribution < 1.29 is 13.6 Å². The number of carbonyl (C=O) groups excluding carboxylic acids is 1. The van der Waals surface area contributed by atoms with E-state index in [0.717, 1.165) is 12.1 Å². The van der Waals surface area contributed by atoms with E-state index in [-0.39, 0.29) is 23.9 Å². The molecule has 0 aliphatic carbocycles. The van der Waals surface area contributed by atoms with Gasteiger partial charge < -0.3 is 10.6 Å². The lowest BCUT2D eigenvalue weighted by molar-refractivity contribution is -0.131. The summed E-state index contributed by atoms with van der Waals surface area (Å²) in [4.78, 5) is 13.4. The maximum absolute atomic E-state index is 13.4. The Kier molecular flexibility index (Phi) is 5.22. The van der Waals surface area contributed by atoms with Gasteiger partial charge in [0.05, 0.1) is 6.42 Å². The van der Waals surface area contributed by atoms with Crippen molar-refractivity contribution in [2.45, 2.75) is 25.8 Å². The van der Waals surface area contributed by atoms with Crippen molar-refractivity contribution in [1.82, 2.24) is 4.90 Å². The van der Waals surface area contributed by atoms with Crippen molar-refractivity contribution in [1.29, 1.82) is 0 Å². The van der Waals surface area contributed by atoms with E-state index < -0.39 is 11.6 Å². The van der Waals surface area contributed by atoms with Gasteiger partial charge in [0.2, 0.25) is 5.91 Å². The summed E-state index contributed by atoms with van der Waals surface area (Å²) in [6.45, 7) is 2.37. The second kappa shape index (κ2) is 6.44. The van der Waals surface area contributed by atoms with Gasteiger partial charge in [0.15, 0.2) is 0 Å². The monoisotopic (exact) mass is 256 g/mol. The van der Waals surface area contributed by atoms with Gasteiger partial charge in [0, 0.05) is 19.2 Å². The Morgan fingerprint density at radius 3 is 2.67 bits per heavy atom. The Hall–Kier alpha value is -1.49. The molecule has 0 aliphatic rings. The smallest absolute Gasteiger partial charge is 0.227 e. The van der Waals surface area contributed by atoms with Gasteiger partial charge in [0.25, 0.3) is 0 Å². The predicted molar refractivity (Wildman–Crippen MR) is 66.0 cm³/mol. The first kappa shape index (κ1) is 14.6. The highest BCUT2D eigenvalue weighted by molar-refractivity contribution is 5.78. The lowest BCUT2D eigenvalue weighted by Gasteiger charge is -2.24. The third-order valence-electron chi connectivity index (χ3n) is 3.00. The van der Waals surface area contributed by atoms with Crippen LogP contribution in [0.15, 0.2) is 18.2 Å². The number of amides is 1. The number of nitrogens with two attached hydrogens (primary N) is 1. The molecule has 0 fully saturated rings. The minimum Gasteiger partial charge on any atom is -0.343 e. The summed E-state index contributed by atoms with van der Waals surface area (Å²) in [5.41, 5.74) is 5.62. The number of hydrogen-bond donors (Lipinski definition) is 1. The van der Waals surface area contributed by atoms with Crippen molar-refractivity contribution in [2.75, 3.05) is 13.6 Å². The molecule has 0 aliphatic heterocycles. The third-order valence-corrected chi connectivity index (χ3v) is 3.00. The second-order valence-electron chi connectivity index (χ2n) is 4.34. The zero-order valence-corrected chi connectivity index (χ0v) is 10.6. The molecule has 5 heteroatoms. The highest BCUT2D eigenvalue weighted by Crippen LogP contribution is 2.12. The maximum atomic E-state index is 13.4. The van der Waals surface area contributed by atoms with Gasteiger partial charge in [-0.3, -0.25) is 4.79 Å². The summed E-state index contributed by atoms with van der Waals surface area (Å²) in [7, 11) is 1.66. The van der Waals surface area contributed by atoms with E-state index in [4.69, 9.17) is 5.73 Å². The Bertz CT molecular complexity index is 423. The van der Waals surface area contributed by atoms with Crippen LogP contribution in [0.4, 0.5) is 8.78 Å². The maximum Gasteiger partial charge on any atom is 0.227 e. The topological polar surface area (TPSA) is 46.3 Å². The van der Waals surface area contributed by atoms with Crippen LogP contribution in [-0.4, -0.2) is 30.4 Å². The predicted octanol–water partition coefficient (Wildman–Crippen LogP) is 1.70. The van der Waals surface area contributed by atoms with Crippen molar-refractivity contribution in [3.63, 3.8) is 0 Å². The van der Waals surface area contributed by atoms with Crippen LogP contribution in [0.2, 0.25) is 0 Å². The first-order chi connectivity index (χ1) is 8.45. The van der Waals surface area contributed by atoms with E-state index in [0.29, 0.717) is 13.0 Å². The molecule has 0 saturated carbocycles. The van der Waals surface area contributed by atoms with Crippen LogP contribution in [0, 0.1) is 11.6 Å². The molecular formula is C13H18F2N2O. The molecular weight excluding hydrogens is 238 g/mol. The van der Waals surface area contributed by atoms with Crippen LogP contribution in [0.5, 0.6) is 0 Å². The number of carbonyl (C=O) groups is 1. The number of rotatable bonds is 5. The van der Waals surface area contributed by atoms with E-state index in [9.17, 15) is 13.6 Å². The fourth-order valence-corrected chi connectivity index (χ4v) is 1.63. The van der Waals surface area contributed by atoms with Crippen molar-refractivity contribution in [3.8, 4) is 0 Å². The van der Waals surface area contributed by atoms with Gasteiger partial charge in [-0.2, -0.15) is 0 Å². The average Bonchev–Trinajstić information content (AvgIpc) is 2.32. The molecule has 1 atom stereocenters. The Morgan fingerprint density at radius 1 is 1.44 bits per heavy atom. The Labute approximate surface area is 106 Å². The molecule has 0 aromatic heterocycles. The van der Waals surface area contributed by atoms with Gasteiger partial charge in [-0.15, -0.1) is 0 Å². The molecule has 0 saturated heterocycles. The van der Waals surface area contributed by atoms with Crippen molar-refractivity contribution in [3.05, 3.63) is 35.4 Å². The molecule has 0 heterocycles. The molecule has 1 aromatic carbocycles. The molecule has 1 unspecified atom stereocenters.